The lowest BCUT2D eigenvalue weighted by Crippen LogP contribution is -2.08. The summed E-state index contributed by atoms with van der Waals surface area (Å²) in [6, 6.07) is 0. The second-order valence-corrected chi connectivity index (χ2v) is 3.38. The molecule has 0 N–H and O–H groups in total. The molecule has 0 aliphatic heterocycles. The molecule has 15 heavy (non-hydrogen) atoms. The van der Waals surface area contributed by atoms with Crippen LogP contribution in [0.1, 0.15) is 12.8 Å². The molecule has 4 nitrogen and oxygen atoms in total. The number of alkyl halides is 1. The number of carbonyl (C=O) groups excluding carboxylic acids is 2. The van der Waals surface area contributed by atoms with Crippen molar-refractivity contribution in [2.45, 2.75) is 12.8 Å². The first-order valence-corrected chi connectivity index (χ1v) is 6.03. The van der Waals surface area contributed by atoms with E-state index in [1.807, 2.05) is 22.6 Å². The van der Waals surface area contributed by atoms with Crippen molar-refractivity contribution in [3.05, 3.63) is 19.1 Å². The molecule has 0 saturated carbocycles. The summed E-state index contributed by atoms with van der Waals surface area (Å²) in [6.45, 7) is 3.91. The molecule has 0 fully saturated rings. The van der Waals surface area contributed by atoms with E-state index < -0.39 is 0 Å². The Kier molecular flexibility index (Phi) is 9.55. The number of hydrogen-bond acceptors (Lipinski definition) is 4. The molecule has 0 aromatic rings. The van der Waals surface area contributed by atoms with Crippen molar-refractivity contribution in [2.75, 3.05) is 17.6 Å². The SMILES string of the molecule is C=CCOC(=O)CC[CH]COC(=O)CI. The molecule has 0 bridgehead atoms. The van der Waals surface area contributed by atoms with Crippen molar-refractivity contribution in [3.63, 3.8) is 0 Å². The van der Waals surface area contributed by atoms with Crippen LogP contribution in [0, 0.1) is 6.42 Å². The fourth-order valence-electron chi connectivity index (χ4n) is 0.718. The summed E-state index contributed by atoms with van der Waals surface area (Å²) in [5.41, 5.74) is 0. The van der Waals surface area contributed by atoms with Crippen molar-refractivity contribution in [2.24, 2.45) is 0 Å². The van der Waals surface area contributed by atoms with Crippen molar-refractivity contribution >= 4 is 34.5 Å². The predicted octanol–water partition coefficient (Wildman–Crippen LogP) is 1.68. The van der Waals surface area contributed by atoms with Gasteiger partial charge in [-0.2, -0.15) is 0 Å². The number of hydrogen-bond donors (Lipinski definition) is 0. The molecule has 0 aliphatic carbocycles. The maximum atomic E-state index is 11.0. The number of carbonyl (C=O) groups is 2. The molecule has 0 spiro atoms. The molecule has 85 valence electrons. The summed E-state index contributed by atoms with van der Waals surface area (Å²) in [4.78, 5) is 21.7. The maximum absolute atomic E-state index is 11.0. The lowest BCUT2D eigenvalue weighted by Gasteiger charge is -2.02. The molecule has 0 heterocycles. The standard InChI is InChI=1S/C10H14IO4/c1-2-6-14-9(12)5-3-4-7-15-10(13)8-11/h2,4H,1,3,5-8H2. The minimum Gasteiger partial charge on any atom is -0.465 e. The fraction of sp³-hybridized carbons (Fsp3) is 0.500. The van der Waals surface area contributed by atoms with Gasteiger partial charge in [0.1, 0.15) is 6.61 Å². The van der Waals surface area contributed by atoms with Crippen LogP contribution in [0.3, 0.4) is 0 Å². The minimum atomic E-state index is -0.272. The summed E-state index contributed by atoms with van der Waals surface area (Å²) in [6.07, 6.45) is 4.10. The van der Waals surface area contributed by atoms with E-state index in [4.69, 9.17) is 9.47 Å². The highest BCUT2D eigenvalue weighted by atomic mass is 127. The fourth-order valence-corrected chi connectivity index (χ4v) is 0.938. The molecular weight excluding hydrogens is 311 g/mol. The van der Waals surface area contributed by atoms with Gasteiger partial charge in [-0.25, -0.2) is 0 Å². The molecule has 5 heteroatoms. The van der Waals surface area contributed by atoms with Crippen LogP contribution in [0.5, 0.6) is 0 Å². The first-order valence-electron chi connectivity index (χ1n) is 4.50. The van der Waals surface area contributed by atoms with Gasteiger partial charge in [0, 0.05) is 6.42 Å². The van der Waals surface area contributed by atoms with E-state index >= 15 is 0 Å². The smallest absolute Gasteiger partial charge is 0.315 e. The molecule has 0 aliphatic rings. The van der Waals surface area contributed by atoms with E-state index in [1.54, 1.807) is 6.42 Å². The van der Waals surface area contributed by atoms with Gasteiger partial charge >= 0.3 is 11.9 Å². The van der Waals surface area contributed by atoms with E-state index in [0.717, 1.165) is 0 Å². The Balaban J connectivity index is 3.26. The second-order valence-electron chi connectivity index (χ2n) is 2.62. The van der Waals surface area contributed by atoms with Crippen LogP contribution in [-0.2, 0) is 19.1 Å². The third-order valence-electron chi connectivity index (χ3n) is 1.39. The monoisotopic (exact) mass is 325 g/mol. The van der Waals surface area contributed by atoms with Crippen LogP contribution in [-0.4, -0.2) is 29.6 Å². The van der Waals surface area contributed by atoms with E-state index in [1.165, 1.54) is 6.08 Å². The Labute approximate surface area is 103 Å². The van der Waals surface area contributed by atoms with Crippen LogP contribution in [0.2, 0.25) is 0 Å². The quantitative estimate of drug-likeness (QED) is 0.224. The van der Waals surface area contributed by atoms with Crippen molar-refractivity contribution < 1.29 is 19.1 Å². The van der Waals surface area contributed by atoms with Crippen molar-refractivity contribution in [3.8, 4) is 0 Å². The molecular formula is C10H14IO4. The maximum Gasteiger partial charge on any atom is 0.315 e. The van der Waals surface area contributed by atoms with Crippen LogP contribution in [0.25, 0.3) is 0 Å². The molecule has 0 unspecified atom stereocenters. The number of unbranched alkanes of at least 4 members (excludes halogenated alkanes) is 1. The number of ether oxygens (including phenoxy) is 2. The zero-order valence-electron chi connectivity index (χ0n) is 8.41. The predicted molar refractivity (Wildman–Crippen MR) is 64.5 cm³/mol. The van der Waals surface area contributed by atoms with E-state index in [-0.39, 0.29) is 25.2 Å². The lowest BCUT2D eigenvalue weighted by molar-refractivity contribution is -0.142. The van der Waals surface area contributed by atoms with Crippen LogP contribution < -0.4 is 0 Å². The highest BCUT2D eigenvalue weighted by Crippen LogP contribution is 1.98. The zero-order chi connectivity index (χ0) is 11.5. The van der Waals surface area contributed by atoms with Gasteiger partial charge in [-0.3, -0.25) is 9.59 Å². The summed E-state index contributed by atoms with van der Waals surface area (Å²) < 4.78 is 9.88. The van der Waals surface area contributed by atoms with Crippen molar-refractivity contribution in [1.29, 1.82) is 0 Å². The van der Waals surface area contributed by atoms with Gasteiger partial charge in [0.2, 0.25) is 0 Å². The Morgan fingerprint density at radius 3 is 2.47 bits per heavy atom. The number of rotatable bonds is 8. The Hall–Kier alpha value is -0.590. The summed E-state index contributed by atoms with van der Waals surface area (Å²) in [5, 5.41) is 0. The van der Waals surface area contributed by atoms with Gasteiger partial charge in [-0.15, -0.1) is 0 Å². The molecule has 0 atom stereocenters. The average Bonchev–Trinajstić information content (AvgIpc) is 2.25. The van der Waals surface area contributed by atoms with Crippen molar-refractivity contribution in [1.82, 2.24) is 0 Å². The first-order chi connectivity index (χ1) is 7.20. The summed E-state index contributed by atoms with van der Waals surface area (Å²) in [5.74, 6) is -0.521. The van der Waals surface area contributed by atoms with E-state index in [9.17, 15) is 9.59 Å². The highest BCUT2D eigenvalue weighted by molar-refractivity contribution is 14.1. The normalized spacial score (nSPS) is 9.40. The largest absolute Gasteiger partial charge is 0.465 e. The number of esters is 2. The van der Waals surface area contributed by atoms with Crippen LogP contribution >= 0.6 is 22.6 Å². The summed E-state index contributed by atoms with van der Waals surface area (Å²) >= 11 is 1.93. The second kappa shape index (κ2) is 9.95. The van der Waals surface area contributed by atoms with E-state index in [0.29, 0.717) is 17.3 Å². The minimum absolute atomic E-state index is 0.239. The van der Waals surface area contributed by atoms with Gasteiger partial charge in [-0.05, 0) is 12.8 Å². The third kappa shape index (κ3) is 9.71. The molecule has 0 aromatic heterocycles. The summed E-state index contributed by atoms with van der Waals surface area (Å²) in [7, 11) is 0. The van der Waals surface area contributed by atoms with E-state index in [2.05, 4.69) is 6.58 Å². The molecule has 0 rings (SSSR count). The van der Waals surface area contributed by atoms with Gasteiger partial charge in [0.15, 0.2) is 0 Å². The molecule has 0 saturated heterocycles. The molecule has 1 radical (unpaired) electrons. The lowest BCUT2D eigenvalue weighted by atomic mass is 10.2. The van der Waals surface area contributed by atoms with Gasteiger partial charge in [0.05, 0.1) is 11.0 Å². The topological polar surface area (TPSA) is 52.6 Å². The Morgan fingerprint density at radius 1 is 1.20 bits per heavy atom. The zero-order valence-corrected chi connectivity index (χ0v) is 10.6. The van der Waals surface area contributed by atoms with Crippen LogP contribution in [0.15, 0.2) is 12.7 Å². The van der Waals surface area contributed by atoms with Gasteiger partial charge < -0.3 is 9.47 Å². The van der Waals surface area contributed by atoms with Crippen LogP contribution in [0.4, 0.5) is 0 Å². The first kappa shape index (κ1) is 14.4. The third-order valence-corrected chi connectivity index (χ3v) is 2.01. The molecule has 0 amide bonds. The number of halogens is 1. The highest BCUT2D eigenvalue weighted by Gasteiger charge is 2.02. The average molecular weight is 325 g/mol. The Morgan fingerprint density at radius 2 is 1.87 bits per heavy atom. The van der Waals surface area contributed by atoms with Gasteiger partial charge in [-0.1, -0.05) is 35.2 Å². The Bertz CT molecular complexity index is 215. The molecule has 0 aromatic carbocycles. The van der Waals surface area contributed by atoms with Gasteiger partial charge in [0.25, 0.3) is 0 Å².